The average Bonchev–Trinajstić information content (AvgIpc) is 2.27. The highest BCUT2D eigenvalue weighted by Crippen LogP contribution is 1.86. The fraction of sp³-hybridized carbons (Fsp3) is 0.778. The highest BCUT2D eigenvalue weighted by atomic mass is 16.2. The van der Waals surface area contributed by atoms with Crippen LogP contribution in [-0.2, 0) is 9.59 Å². The molecule has 1 atom stereocenters. The summed E-state index contributed by atoms with van der Waals surface area (Å²) in [6.07, 6.45) is 0. The zero-order chi connectivity index (χ0) is 11.1. The van der Waals surface area contributed by atoms with Crippen LogP contribution in [0, 0.1) is 0 Å². The molecule has 2 amide bonds. The maximum atomic E-state index is 11.5. The fourth-order valence-electron chi connectivity index (χ4n) is 1.39. The normalized spacial score (nSPS) is 20.7. The summed E-state index contributed by atoms with van der Waals surface area (Å²) in [7, 11) is 0. The molecule has 1 heterocycles. The Balaban J connectivity index is 2.19. The van der Waals surface area contributed by atoms with E-state index in [9.17, 15) is 9.59 Å². The molecule has 86 valence electrons. The van der Waals surface area contributed by atoms with Crippen molar-refractivity contribution >= 4 is 11.8 Å². The van der Waals surface area contributed by atoms with Gasteiger partial charge in [0.05, 0.1) is 12.6 Å². The largest absolute Gasteiger partial charge is 0.355 e. The van der Waals surface area contributed by atoms with Crippen LogP contribution in [0.25, 0.3) is 0 Å². The summed E-state index contributed by atoms with van der Waals surface area (Å²) in [4.78, 5) is 22.6. The third-order valence-electron chi connectivity index (χ3n) is 2.15. The van der Waals surface area contributed by atoms with Crippen LogP contribution in [-0.4, -0.2) is 50.6 Å². The summed E-state index contributed by atoms with van der Waals surface area (Å²) in [5, 5.41) is 11.4. The van der Waals surface area contributed by atoms with E-state index < -0.39 is 0 Å². The fourth-order valence-corrected chi connectivity index (χ4v) is 1.39. The standard InChI is InChI=1S/C9H18N4O2/c1-2-11-8(14)6-13-9(15)7-5-10-3-4-12-7/h7,10,12H,2-6H2,1H3,(H,11,14)(H,13,15). The molecule has 0 bridgehead atoms. The predicted molar refractivity (Wildman–Crippen MR) is 56.4 cm³/mol. The van der Waals surface area contributed by atoms with E-state index in [1.54, 1.807) is 0 Å². The molecule has 1 fully saturated rings. The number of hydrogen-bond donors (Lipinski definition) is 4. The summed E-state index contributed by atoms with van der Waals surface area (Å²) in [6, 6.07) is -0.229. The molecular formula is C9H18N4O2. The molecule has 6 heteroatoms. The smallest absolute Gasteiger partial charge is 0.239 e. The number of amides is 2. The van der Waals surface area contributed by atoms with Gasteiger partial charge in [-0.25, -0.2) is 0 Å². The first-order valence-corrected chi connectivity index (χ1v) is 5.22. The van der Waals surface area contributed by atoms with E-state index in [0.29, 0.717) is 13.1 Å². The van der Waals surface area contributed by atoms with Gasteiger partial charge < -0.3 is 21.3 Å². The van der Waals surface area contributed by atoms with E-state index in [1.165, 1.54) is 0 Å². The highest BCUT2D eigenvalue weighted by molar-refractivity contribution is 5.87. The molecule has 0 aromatic carbocycles. The molecule has 1 aliphatic heterocycles. The molecule has 0 aromatic rings. The van der Waals surface area contributed by atoms with E-state index in [-0.39, 0.29) is 24.4 Å². The van der Waals surface area contributed by atoms with E-state index in [4.69, 9.17) is 0 Å². The van der Waals surface area contributed by atoms with Gasteiger partial charge in [-0.1, -0.05) is 0 Å². The van der Waals surface area contributed by atoms with Crippen molar-refractivity contribution in [3.8, 4) is 0 Å². The van der Waals surface area contributed by atoms with Crippen LogP contribution in [0.4, 0.5) is 0 Å². The average molecular weight is 214 g/mol. The molecule has 15 heavy (non-hydrogen) atoms. The monoisotopic (exact) mass is 214 g/mol. The second-order valence-corrected chi connectivity index (χ2v) is 3.38. The summed E-state index contributed by atoms with van der Waals surface area (Å²) in [6.45, 7) is 4.73. The molecule has 1 aliphatic rings. The number of carbonyl (C=O) groups excluding carboxylic acids is 2. The van der Waals surface area contributed by atoms with Crippen molar-refractivity contribution in [2.24, 2.45) is 0 Å². The summed E-state index contributed by atoms with van der Waals surface area (Å²) in [5.41, 5.74) is 0. The number of hydrogen-bond acceptors (Lipinski definition) is 4. The number of piperazine rings is 1. The van der Waals surface area contributed by atoms with Crippen molar-refractivity contribution < 1.29 is 9.59 Å². The molecule has 1 unspecified atom stereocenters. The number of carbonyl (C=O) groups is 2. The Kier molecular flexibility index (Phi) is 5.06. The van der Waals surface area contributed by atoms with Crippen molar-refractivity contribution in [3.05, 3.63) is 0 Å². The van der Waals surface area contributed by atoms with Crippen LogP contribution in [0.1, 0.15) is 6.92 Å². The minimum Gasteiger partial charge on any atom is -0.355 e. The Hall–Kier alpha value is -1.14. The lowest BCUT2D eigenvalue weighted by Crippen LogP contribution is -2.56. The zero-order valence-corrected chi connectivity index (χ0v) is 8.93. The first-order valence-electron chi connectivity index (χ1n) is 5.22. The van der Waals surface area contributed by atoms with E-state index in [0.717, 1.165) is 13.1 Å². The lowest BCUT2D eigenvalue weighted by Gasteiger charge is -2.23. The predicted octanol–water partition coefficient (Wildman–Crippen LogP) is -2.20. The molecule has 0 aromatic heterocycles. The van der Waals surface area contributed by atoms with Gasteiger partial charge in [-0.2, -0.15) is 0 Å². The summed E-state index contributed by atoms with van der Waals surface area (Å²) >= 11 is 0. The minimum atomic E-state index is -0.229. The van der Waals surface area contributed by atoms with Gasteiger partial charge in [0, 0.05) is 26.2 Å². The van der Waals surface area contributed by atoms with Crippen LogP contribution in [0.3, 0.4) is 0 Å². The lowest BCUT2D eigenvalue weighted by molar-refractivity contribution is -0.127. The maximum absolute atomic E-state index is 11.5. The van der Waals surface area contributed by atoms with Crippen molar-refractivity contribution in [1.82, 2.24) is 21.3 Å². The first-order chi connectivity index (χ1) is 7.24. The van der Waals surface area contributed by atoms with Crippen LogP contribution < -0.4 is 21.3 Å². The van der Waals surface area contributed by atoms with Crippen molar-refractivity contribution in [1.29, 1.82) is 0 Å². The summed E-state index contributed by atoms with van der Waals surface area (Å²) in [5.74, 6) is -0.289. The Morgan fingerprint density at radius 3 is 2.73 bits per heavy atom. The molecule has 1 saturated heterocycles. The van der Waals surface area contributed by atoms with Crippen LogP contribution in [0.5, 0.6) is 0 Å². The lowest BCUT2D eigenvalue weighted by atomic mass is 10.2. The molecule has 6 nitrogen and oxygen atoms in total. The number of rotatable bonds is 4. The van der Waals surface area contributed by atoms with E-state index >= 15 is 0 Å². The molecule has 0 saturated carbocycles. The van der Waals surface area contributed by atoms with Gasteiger partial charge in [0.1, 0.15) is 0 Å². The number of likely N-dealkylation sites (N-methyl/N-ethyl adjacent to an activating group) is 1. The van der Waals surface area contributed by atoms with Gasteiger partial charge >= 0.3 is 0 Å². The van der Waals surface area contributed by atoms with E-state index in [2.05, 4.69) is 21.3 Å². The Bertz CT molecular complexity index is 226. The van der Waals surface area contributed by atoms with Gasteiger partial charge in [-0.3, -0.25) is 9.59 Å². The third-order valence-corrected chi connectivity index (χ3v) is 2.15. The second kappa shape index (κ2) is 6.36. The first kappa shape index (κ1) is 11.9. The SMILES string of the molecule is CCNC(=O)CNC(=O)C1CNCCN1. The molecule has 0 radical (unpaired) electrons. The molecule has 0 aliphatic carbocycles. The van der Waals surface area contributed by atoms with Crippen molar-refractivity contribution in [3.63, 3.8) is 0 Å². The van der Waals surface area contributed by atoms with E-state index in [1.807, 2.05) is 6.92 Å². The molecule has 1 rings (SSSR count). The van der Waals surface area contributed by atoms with Gasteiger partial charge in [0.25, 0.3) is 0 Å². The highest BCUT2D eigenvalue weighted by Gasteiger charge is 2.20. The van der Waals surface area contributed by atoms with Crippen molar-refractivity contribution in [2.75, 3.05) is 32.7 Å². The topological polar surface area (TPSA) is 82.3 Å². The zero-order valence-electron chi connectivity index (χ0n) is 8.93. The quantitative estimate of drug-likeness (QED) is 0.428. The molecule has 4 N–H and O–H groups in total. The van der Waals surface area contributed by atoms with Crippen LogP contribution >= 0.6 is 0 Å². The van der Waals surface area contributed by atoms with Crippen molar-refractivity contribution in [2.45, 2.75) is 13.0 Å². The Labute approximate surface area is 89.2 Å². The molecular weight excluding hydrogens is 196 g/mol. The second-order valence-electron chi connectivity index (χ2n) is 3.38. The number of nitrogens with one attached hydrogen (secondary N) is 4. The van der Waals surface area contributed by atoms with Crippen LogP contribution in [0.15, 0.2) is 0 Å². The summed E-state index contributed by atoms with van der Waals surface area (Å²) < 4.78 is 0. The Morgan fingerprint density at radius 2 is 2.13 bits per heavy atom. The maximum Gasteiger partial charge on any atom is 0.239 e. The third kappa shape index (κ3) is 4.26. The Morgan fingerprint density at radius 1 is 1.33 bits per heavy atom. The molecule has 0 spiro atoms. The van der Waals surface area contributed by atoms with Crippen LogP contribution in [0.2, 0.25) is 0 Å². The minimum absolute atomic E-state index is 0.0465. The van der Waals surface area contributed by atoms with Gasteiger partial charge in [0.15, 0.2) is 0 Å². The van der Waals surface area contributed by atoms with Gasteiger partial charge in [0.2, 0.25) is 11.8 Å². The van der Waals surface area contributed by atoms with Gasteiger partial charge in [-0.15, -0.1) is 0 Å². The van der Waals surface area contributed by atoms with Gasteiger partial charge in [-0.05, 0) is 6.92 Å².